The highest BCUT2D eigenvalue weighted by molar-refractivity contribution is 5.26. The van der Waals surface area contributed by atoms with Gasteiger partial charge in [0.15, 0.2) is 0 Å². The molecular formula is C14H23NO. The monoisotopic (exact) mass is 221 g/mol. The molecule has 1 aromatic carbocycles. The van der Waals surface area contributed by atoms with Crippen LogP contribution in [0, 0.1) is 6.92 Å². The average molecular weight is 221 g/mol. The van der Waals surface area contributed by atoms with Crippen molar-refractivity contribution < 1.29 is 4.74 Å². The zero-order chi connectivity index (χ0) is 12.2. The molecule has 0 heterocycles. The third-order valence-electron chi connectivity index (χ3n) is 3.11. The Morgan fingerprint density at radius 2 is 1.94 bits per heavy atom. The highest BCUT2D eigenvalue weighted by atomic mass is 16.5. The van der Waals surface area contributed by atoms with Crippen LogP contribution in [0.2, 0.25) is 0 Å². The first-order valence-corrected chi connectivity index (χ1v) is 5.91. The summed E-state index contributed by atoms with van der Waals surface area (Å²) >= 11 is 0. The first kappa shape index (κ1) is 13.2. The van der Waals surface area contributed by atoms with Crippen LogP contribution in [0.5, 0.6) is 0 Å². The number of aryl methyl sites for hydroxylation is 1. The fourth-order valence-corrected chi connectivity index (χ4v) is 1.80. The van der Waals surface area contributed by atoms with E-state index in [2.05, 4.69) is 45.0 Å². The van der Waals surface area contributed by atoms with E-state index in [1.165, 1.54) is 11.1 Å². The summed E-state index contributed by atoms with van der Waals surface area (Å²) in [5.41, 5.74) is 8.55. The number of nitrogens with two attached hydrogens (primary N) is 1. The van der Waals surface area contributed by atoms with E-state index < -0.39 is 0 Å². The third-order valence-corrected chi connectivity index (χ3v) is 3.11. The second kappa shape index (κ2) is 5.46. The molecule has 0 radical (unpaired) electrons. The van der Waals surface area contributed by atoms with Crippen LogP contribution in [-0.2, 0) is 11.2 Å². The van der Waals surface area contributed by atoms with Crippen molar-refractivity contribution >= 4 is 0 Å². The molecule has 0 bridgehead atoms. The lowest BCUT2D eigenvalue weighted by atomic mass is 9.91. The van der Waals surface area contributed by atoms with Gasteiger partial charge >= 0.3 is 0 Å². The minimum Gasteiger partial charge on any atom is -0.374 e. The van der Waals surface area contributed by atoms with Crippen LogP contribution >= 0.6 is 0 Å². The molecule has 1 atom stereocenters. The predicted octanol–water partition coefficient (Wildman–Crippen LogP) is 2.68. The Labute approximate surface area is 98.8 Å². The fourth-order valence-electron chi connectivity index (χ4n) is 1.80. The second-order valence-corrected chi connectivity index (χ2v) is 4.77. The van der Waals surface area contributed by atoms with Crippen LogP contribution in [0.3, 0.4) is 0 Å². The minimum absolute atomic E-state index is 0.0218. The van der Waals surface area contributed by atoms with Crippen LogP contribution in [0.1, 0.15) is 31.9 Å². The summed E-state index contributed by atoms with van der Waals surface area (Å²) in [6, 6.07) is 8.39. The Kier molecular flexibility index (Phi) is 4.51. The molecule has 0 saturated carbocycles. The lowest BCUT2D eigenvalue weighted by Gasteiger charge is -2.31. The topological polar surface area (TPSA) is 35.2 Å². The predicted molar refractivity (Wildman–Crippen MR) is 68.6 cm³/mol. The molecule has 90 valence electrons. The Morgan fingerprint density at radius 3 is 2.50 bits per heavy atom. The van der Waals surface area contributed by atoms with Gasteiger partial charge in [-0.2, -0.15) is 0 Å². The van der Waals surface area contributed by atoms with E-state index in [0.29, 0.717) is 6.61 Å². The van der Waals surface area contributed by atoms with Crippen LogP contribution in [0.25, 0.3) is 0 Å². The molecule has 1 unspecified atom stereocenters. The summed E-state index contributed by atoms with van der Waals surface area (Å²) in [7, 11) is 0. The van der Waals surface area contributed by atoms with Gasteiger partial charge in [-0.25, -0.2) is 0 Å². The van der Waals surface area contributed by atoms with Crippen LogP contribution in [0.15, 0.2) is 24.3 Å². The van der Waals surface area contributed by atoms with Gasteiger partial charge in [-0.15, -0.1) is 0 Å². The third kappa shape index (κ3) is 3.32. The van der Waals surface area contributed by atoms with Crippen molar-refractivity contribution in [1.82, 2.24) is 0 Å². The maximum Gasteiger partial charge on any atom is 0.0779 e. The van der Waals surface area contributed by atoms with Crippen LogP contribution in [-0.4, -0.2) is 18.2 Å². The molecule has 2 nitrogen and oxygen atoms in total. The number of benzene rings is 1. The number of hydrogen-bond acceptors (Lipinski definition) is 2. The molecule has 0 aliphatic heterocycles. The summed E-state index contributed by atoms with van der Waals surface area (Å²) in [5.74, 6) is 0. The van der Waals surface area contributed by atoms with Crippen molar-refractivity contribution in [3.05, 3.63) is 35.4 Å². The fraction of sp³-hybridized carbons (Fsp3) is 0.571. The lowest BCUT2D eigenvalue weighted by Crippen LogP contribution is -2.46. The molecular weight excluding hydrogens is 198 g/mol. The maximum absolute atomic E-state index is 6.21. The van der Waals surface area contributed by atoms with Gasteiger partial charge in [-0.1, -0.05) is 24.3 Å². The van der Waals surface area contributed by atoms with E-state index in [1.807, 2.05) is 6.92 Å². The summed E-state index contributed by atoms with van der Waals surface area (Å²) in [4.78, 5) is 0. The van der Waals surface area contributed by atoms with Crippen molar-refractivity contribution in [2.24, 2.45) is 5.73 Å². The van der Waals surface area contributed by atoms with E-state index in [0.717, 1.165) is 6.42 Å². The molecule has 0 saturated heterocycles. The Hall–Kier alpha value is -0.860. The molecule has 1 rings (SSSR count). The van der Waals surface area contributed by atoms with Gasteiger partial charge in [-0.05, 0) is 45.2 Å². The summed E-state index contributed by atoms with van der Waals surface area (Å²) in [6.07, 6.45) is 0.861. The molecule has 2 N–H and O–H groups in total. The molecule has 0 spiro atoms. The van der Waals surface area contributed by atoms with Crippen molar-refractivity contribution in [3.63, 3.8) is 0 Å². The zero-order valence-corrected chi connectivity index (χ0v) is 10.8. The molecule has 0 aliphatic rings. The molecule has 0 amide bonds. The van der Waals surface area contributed by atoms with Gasteiger partial charge in [0.2, 0.25) is 0 Å². The Balaban J connectivity index is 2.71. The van der Waals surface area contributed by atoms with E-state index in [-0.39, 0.29) is 11.6 Å². The normalized spacial score (nSPS) is 13.8. The second-order valence-electron chi connectivity index (χ2n) is 4.77. The van der Waals surface area contributed by atoms with Gasteiger partial charge in [0.1, 0.15) is 0 Å². The summed E-state index contributed by atoms with van der Waals surface area (Å²) in [6.45, 7) is 8.94. The standard InChI is InChI=1S/C14H23NO/c1-5-16-14(3,4)13(15)10-12-9-7-6-8-11(12)2/h6-9,13H,5,10,15H2,1-4H3. The van der Waals surface area contributed by atoms with Gasteiger partial charge in [0.05, 0.1) is 5.60 Å². The average Bonchev–Trinajstić information content (AvgIpc) is 2.21. The SMILES string of the molecule is CCOC(C)(C)C(N)Cc1ccccc1C. The van der Waals surface area contributed by atoms with E-state index in [4.69, 9.17) is 10.5 Å². The maximum atomic E-state index is 6.21. The van der Waals surface area contributed by atoms with Crippen LogP contribution in [0.4, 0.5) is 0 Å². The van der Waals surface area contributed by atoms with Crippen molar-refractivity contribution in [2.75, 3.05) is 6.61 Å². The minimum atomic E-state index is -0.267. The first-order chi connectivity index (χ1) is 7.47. The molecule has 16 heavy (non-hydrogen) atoms. The lowest BCUT2D eigenvalue weighted by molar-refractivity contribution is -0.0288. The van der Waals surface area contributed by atoms with Crippen molar-refractivity contribution in [1.29, 1.82) is 0 Å². The molecule has 0 aromatic heterocycles. The molecule has 2 heteroatoms. The van der Waals surface area contributed by atoms with Gasteiger partial charge < -0.3 is 10.5 Å². The van der Waals surface area contributed by atoms with Gasteiger partial charge in [-0.3, -0.25) is 0 Å². The van der Waals surface area contributed by atoms with Gasteiger partial charge in [0.25, 0.3) is 0 Å². The number of hydrogen-bond donors (Lipinski definition) is 1. The number of rotatable bonds is 5. The van der Waals surface area contributed by atoms with E-state index in [9.17, 15) is 0 Å². The van der Waals surface area contributed by atoms with Crippen molar-refractivity contribution in [3.8, 4) is 0 Å². The Morgan fingerprint density at radius 1 is 1.31 bits per heavy atom. The Bertz CT molecular complexity index is 333. The zero-order valence-electron chi connectivity index (χ0n) is 10.8. The highest BCUT2D eigenvalue weighted by Gasteiger charge is 2.26. The van der Waals surface area contributed by atoms with E-state index in [1.54, 1.807) is 0 Å². The molecule has 0 fully saturated rings. The van der Waals surface area contributed by atoms with Gasteiger partial charge in [0, 0.05) is 12.6 Å². The molecule has 0 aliphatic carbocycles. The smallest absolute Gasteiger partial charge is 0.0779 e. The first-order valence-electron chi connectivity index (χ1n) is 5.91. The van der Waals surface area contributed by atoms with Crippen molar-refractivity contribution in [2.45, 2.75) is 45.8 Å². The van der Waals surface area contributed by atoms with E-state index >= 15 is 0 Å². The largest absolute Gasteiger partial charge is 0.374 e. The highest BCUT2D eigenvalue weighted by Crippen LogP contribution is 2.18. The van der Waals surface area contributed by atoms with Crippen LogP contribution < -0.4 is 5.73 Å². The quantitative estimate of drug-likeness (QED) is 0.829. The summed E-state index contributed by atoms with van der Waals surface area (Å²) in [5, 5.41) is 0. The number of ether oxygens (including phenoxy) is 1. The summed E-state index contributed by atoms with van der Waals surface area (Å²) < 4.78 is 5.68. The molecule has 1 aromatic rings.